The summed E-state index contributed by atoms with van der Waals surface area (Å²) < 4.78 is 10.4. The molecule has 0 aromatic rings. The van der Waals surface area contributed by atoms with Gasteiger partial charge in [0.05, 0.1) is 13.2 Å². The number of aliphatic imine (C=N–C) groups is 1. The van der Waals surface area contributed by atoms with Crippen LogP contribution >= 0.6 is 0 Å². The van der Waals surface area contributed by atoms with E-state index in [1.54, 1.807) is 7.11 Å². The first-order chi connectivity index (χ1) is 11.3. The van der Waals surface area contributed by atoms with Gasteiger partial charge in [0.15, 0.2) is 5.96 Å². The Morgan fingerprint density at radius 1 is 1.00 bits per heavy atom. The molecular formula is C16H35N5O2. The molecule has 1 saturated heterocycles. The van der Waals surface area contributed by atoms with Crippen LogP contribution in [0.1, 0.15) is 13.3 Å². The van der Waals surface area contributed by atoms with E-state index in [0.29, 0.717) is 13.2 Å². The molecule has 0 unspecified atom stereocenters. The van der Waals surface area contributed by atoms with E-state index in [2.05, 4.69) is 32.3 Å². The minimum atomic E-state index is 0.656. The molecular weight excluding hydrogens is 294 g/mol. The van der Waals surface area contributed by atoms with Gasteiger partial charge < -0.3 is 25.0 Å². The molecule has 0 atom stereocenters. The molecule has 1 rings (SSSR count). The van der Waals surface area contributed by atoms with Crippen LogP contribution in [0.5, 0.6) is 0 Å². The van der Waals surface area contributed by atoms with Gasteiger partial charge in [-0.1, -0.05) is 6.92 Å². The smallest absolute Gasteiger partial charge is 0.191 e. The normalized spacial score (nSPS) is 17.4. The Bertz CT molecular complexity index is 307. The number of hydrogen-bond acceptors (Lipinski definition) is 5. The second-order valence-corrected chi connectivity index (χ2v) is 5.66. The Morgan fingerprint density at radius 3 is 2.35 bits per heavy atom. The molecule has 0 aromatic carbocycles. The van der Waals surface area contributed by atoms with Gasteiger partial charge in [-0.15, -0.1) is 0 Å². The molecule has 0 bridgehead atoms. The van der Waals surface area contributed by atoms with Crippen LogP contribution in [0.15, 0.2) is 4.99 Å². The SMILES string of the molecule is CCN1CCN(CCNC(=NC)NCCCOCCOC)CC1. The first kappa shape index (κ1) is 20.2. The van der Waals surface area contributed by atoms with Gasteiger partial charge >= 0.3 is 0 Å². The minimum Gasteiger partial charge on any atom is -0.382 e. The van der Waals surface area contributed by atoms with Crippen molar-refractivity contribution in [2.45, 2.75) is 13.3 Å². The molecule has 23 heavy (non-hydrogen) atoms. The van der Waals surface area contributed by atoms with E-state index in [9.17, 15) is 0 Å². The molecule has 7 heteroatoms. The van der Waals surface area contributed by atoms with E-state index in [1.807, 2.05) is 7.05 Å². The van der Waals surface area contributed by atoms with E-state index in [1.165, 1.54) is 26.2 Å². The van der Waals surface area contributed by atoms with Crippen molar-refractivity contribution in [2.24, 2.45) is 4.99 Å². The molecule has 0 aliphatic carbocycles. The molecule has 1 heterocycles. The van der Waals surface area contributed by atoms with Gasteiger partial charge in [0, 0.05) is 66.6 Å². The Kier molecular flexibility index (Phi) is 11.9. The number of nitrogens with zero attached hydrogens (tertiary/aromatic N) is 3. The Labute approximate surface area is 141 Å². The zero-order valence-electron chi connectivity index (χ0n) is 15.1. The summed E-state index contributed by atoms with van der Waals surface area (Å²) in [4.78, 5) is 9.26. The molecule has 1 aliphatic rings. The number of rotatable bonds is 11. The molecule has 1 fully saturated rings. The molecule has 0 spiro atoms. The van der Waals surface area contributed by atoms with Crippen molar-refractivity contribution in [1.82, 2.24) is 20.4 Å². The van der Waals surface area contributed by atoms with E-state index in [0.717, 1.165) is 45.2 Å². The molecule has 2 N–H and O–H groups in total. The summed E-state index contributed by atoms with van der Waals surface area (Å²) in [5.74, 6) is 0.870. The lowest BCUT2D eigenvalue weighted by Gasteiger charge is -2.34. The quantitative estimate of drug-likeness (QED) is 0.312. The van der Waals surface area contributed by atoms with Gasteiger partial charge in [0.1, 0.15) is 0 Å². The zero-order chi connectivity index (χ0) is 16.8. The van der Waals surface area contributed by atoms with Crippen molar-refractivity contribution < 1.29 is 9.47 Å². The van der Waals surface area contributed by atoms with E-state index < -0.39 is 0 Å². The van der Waals surface area contributed by atoms with Crippen molar-refractivity contribution in [3.8, 4) is 0 Å². The minimum absolute atomic E-state index is 0.656. The maximum Gasteiger partial charge on any atom is 0.191 e. The van der Waals surface area contributed by atoms with Gasteiger partial charge in [-0.25, -0.2) is 0 Å². The van der Waals surface area contributed by atoms with Gasteiger partial charge in [-0.05, 0) is 13.0 Å². The summed E-state index contributed by atoms with van der Waals surface area (Å²) in [5.41, 5.74) is 0. The number of ether oxygens (including phenoxy) is 2. The van der Waals surface area contributed by atoms with Crippen LogP contribution in [0.4, 0.5) is 0 Å². The van der Waals surface area contributed by atoms with E-state index >= 15 is 0 Å². The van der Waals surface area contributed by atoms with Crippen LogP contribution in [0.2, 0.25) is 0 Å². The largest absolute Gasteiger partial charge is 0.382 e. The lowest BCUT2D eigenvalue weighted by atomic mass is 10.3. The molecule has 1 aliphatic heterocycles. The Morgan fingerprint density at radius 2 is 1.70 bits per heavy atom. The fourth-order valence-electron chi connectivity index (χ4n) is 2.51. The first-order valence-corrected chi connectivity index (χ1v) is 8.76. The van der Waals surface area contributed by atoms with Crippen LogP contribution < -0.4 is 10.6 Å². The van der Waals surface area contributed by atoms with Gasteiger partial charge in [-0.2, -0.15) is 0 Å². The topological polar surface area (TPSA) is 61.4 Å². The third kappa shape index (κ3) is 9.76. The van der Waals surface area contributed by atoms with E-state index in [-0.39, 0.29) is 0 Å². The third-order valence-corrected chi connectivity index (χ3v) is 4.05. The highest BCUT2D eigenvalue weighted by Gasteiger charge is 2.14. The average molecular weight is 329 g/mol. The third-order valence-electron chi connectivity index (χ3n) is 4.05. The Balaban J connectivity index is 1.99. The standard InChI is InChI=1S/C16H35N5O2/c1-4-20-9-11-21(12-10-20)8-7-19-16(17-2)18-6-5-13-23-15-14-22-3/h4-15H2,1-3H3,(H2,17,18,19). The molecule has 136 valence electrons. The maximum absolute atomic E-state index is 5.43. The van der Waals surface area contributed by atoms with Crippen molar-refractivity contribution in [3.63, 3.8) is 0 Å². The van der Waals surface area contributed by atoms with Crippen LogP contribution in [0.25, 0.3) is 0 Å². The summed E-state index contributed by atoms with van der Waals surface area (Å²) in [6.07, 6.45) is 0.962. The van der Waals surface area contributed by atoms with Crippen molar-refractivity contribution in [3.05, 3.63) is 0 Å². The number of methoxy groups -OCH3 is 1. The summed E-state index contributed by atoms with van der Waals surface area (Å²) in [6.45, 7) is 13.0. The monoisotopic (exact) mass is 329 g/mol. The molecule has 7 nitrogen and oxygen atoms in total. The highest BCUT2D eigenvalue weighted by Crippen LogP contribution is 1.99. The molecule has 0 amide bonds. The van der Waals surface area contributed by atoms with Gasteiger partial charge in [-0.3, -0.25) is 9.89 Å². The fraction of sp³-hybridized carbons (Fsp3) is 0.938. The first-order valence-electron chi connectivity index (χ1n) is 8.76. The lowest BCUT2D eigenvalue weighted by Crippen LogP contribution is -2.49. The van der Waals surface area contributed by atoms with Crippen LogP contribution in [0.3, 0.4) is 0 Å². The van der Waals surface area contributed by atoms with Crippen LogP contribution in [-0.2, 0) is 9.47 Å². The van der Waals surface area contributed by atoms with Gasteiger partial charge in [0.25, 0.3) is 0 Å². The maximum atomic E-state index is 5.43. The highest BCUT2D eigenvalue weighted by atomic mass is 16.5. The lowest BCUT2D eigenvalue weighted by molar-refractivity contribution is 0.0698. The number of guanidine groups is 1. The molecule has 0 radical (unpaired) electrons. The van der Waals surface area contributed by atoms with Crippen molar-refractivity contribution >= 4 is 5.96 Å². The predicted molar refractivity (Wildman–Crippen MR) is 95.2 cm³/mol. The molecule has 0 aromatic heterocycles. The second kappa shape index (κ2) is 13.5. The second-order valence-electron chi connectivity index (χ2n) is 5.66. The van der Waals surface area contributed by atoms with Gasteiger partial charge in [0.2, 0.25) is 0 Å². The summed E-state index contributed by atoms with van der Waals surface area (Å²) in [5, 5.41) is 6.69. The number of likely N-dealkylation sites (N-methyl/N-ethyl adjacent to an activating group) is 1. The summed E-state index contributed by atoms with van der Waals surface area (Å²) in [7, 11) is 3.49. The summed E-state index contributed by atoms with van der Waals surface area (Å²) >= 11 is 0. The van der Waals surface area contributed by atoms with E-state index in [4.69, 9.17) is 9.47 Å². The fourth-order valence-corrected chi connectivity index (χ4v) is 2.51. The van der Waals surface area contributed by atoms with Crippen molar-refractivity contribution in [1.29, 1.82) is 0 Å². The van der Waals surface area contributed by atoms with Crippen LogP contribution in [0, 0.1) is 0 Å². The highest BCUT2D eigenvalue weighted by molar-refractivity contribution is 5.79. The van der Waals surface area contributed by atoms with Crippen molar-refractivity contribution in [2.75, 3.05) is 86.3 Å². The number of hydrogen-bond donors (Lipinski definition) is 2. The number of nitrogens with one attached hydrogen (secondary N) is 2. The van der Waals surface area contributed by atoms with Crippen LogP contribution in [-0.4, -0.2) is 102 Å². The average Bonchev–Trinajstić information content (AvgIpc) is 2.60. The molecule has 0 saturated carbocycles. The summed E-state index contributed by atoms with van der Waals surface area (Å²) in [6, 6.07) is 0. The number of piperazine rings is 1. The zero-order valence-corrected chi connectivity index (χ0v) is 15.1. The Hall–Kier alpha value is -0.890. The predicted octanol–water partition coefficient (Wildman–Crippen LogP) is -0.158.